The van der Waals surface area contributed by atoms with Crippen molar-refractivity contribution in [3.63, 3.8) is 0 Å². The molecule has 1 saturated carbocycles. The van der Waals surface area contributed by atoms with Crippen molar-refractivity contribution in [3.8, 4) is 0 Å². The van der Waals surface area contributed by atoms with Crippen molar-refractivity contribution < 1.29 is 5.11 Å². The van der Waals surface area contributed by atoms with Crippen LogP contribution in [-0.4, -0.2) is 48.3 Å². The maximum absolute atomic E-state index is 10.1. The molecule has 0 radical (unpaired) electrons. The number of rotatable bonds is 6. The Labute approximate surface area is 112 Å². The van der Waals surface area contributed by atoms with Crippen LogP contribution in [0.15, 0.2) is 0 Å². The van der Waals surface area contributed by atoms with Gasteiger partial charge in [-0.1, -0.05) is 20.3 Å². The number of aliphatic hydroxyl groups excluding tert-OH is 1. The Morgan fingerprint density at radius 1 is 1.28 bits per heavy atom. The number of aliphatic hydroxyl groups is 1. The van der Waals surface area contributed by atoms with Crippen LogP contribution < -0.4 is 5.32 Å². The molecule has 3 atom stereocenters. The van der Waals surface area contributed by atoms with E-state index in [1.54, 1.807) is 0 Å². The highest BCUT2D eigenvalue weighted by Gasteiger charge is 2.30. The van der Waals surface area contributed by atoms with Gasteiger partial charge in [0.15, 0.2) is 0 Å². The topological polar surface area (TPSA) is 35.5 Å². The van der Waals surface area contributed by atoms with Gasteiger partial charge in [0, 0.05) is 19.1 Å². The van der Waals surface area contributed by atoms with Crippen LogP contribution >= 0.6 is 0 Å². The Balaban J connectivity index is 1.80. The van der Waals surface area contributed by atoms with Gasteiger partial charge in [0.05, 0.1) is 6.10 Å². The molecule has 1 aliphatic carbocycles. The molecule has 1 aliphatic heterocycles. The van der Waals surface area contributed by atoms with Crippen LogP contribution in [0.4, 0.5) is 0 Å². The lowest BCUT2D eigenvalue weighted by atomic mass is 9.84. The predicted octanol–water partition coefficient (Wildman–Crippen LogP) is 1.86. The van der Waals surface area contributed by atoms with Gasteiger partial charge in [-0.05, 0) is 50.6 Å². The first-order valence-electron chi connectivity index (χ1n) is 7.86. The fraction of sp³-hybridized carbons (Fsp3) is 1.00. The molecule has 3 heteroatoms. The van der Waals surface area contributed by atoms with Crippen molar-refractivity contribution in [3.05, 3.63) is 0 Å². The van der Waals surface area contributed by atoms with Crippen molar-refractivity contribution in [1.82, 2.24) is 10.2 Å². The third-order valence-corrected chi connectivity index (χ3v) is 4.89. The molecule has 1 heterocycles. The summed E-state index contributed by atoms with van der Waals surface area (Å²) < 4.78 is 0. The van der Waals surface area contributed by atoms with Gasteiger partial charge in [-0.25, -0.2) is 0 Å². The molecular weight excluding hydrogens is 224 g/mol. The molecule has 0 spiro atoms. The average Bonchev–Trinajstić information content (AvgIpc) is 2.35. The smallest absolute Gasteiger partial charge is 0.0578 e. The summed E-state index contributed by atoms with van der Waals surface area (Å²) in [5.74, 6) is 1.39. The maximum Gasteiger partial charge on any atom is 0.0578 e. The third kappa shape index (κ3) is 3.69. The van der Waals surface area contributed by atoms with E-state index in [-0.39, 0.29) is 6.10 Å². The number of hydrogen-bond donors (Lipinski definition) is 2. The Hall–Kier alpha value is -0.120. The monoisotopic (exact) mass is 254 g/mol. The van der Waals surface area contributed by atoms with Gasteiger partial charge in [0.25, 0.3) is 0 Å². The maximum atomic E-state index is 10.1. The zero-order chi connectivity index (χ0) is 13.0. The molecule has 1 saturated heterocycles. The predicted molar refractivity (Wildman–Crippen MR) is 75.7 cm³/mol. The first-order chi connectivity index (χ1) is 8.72. The van der Waals surface area contributed by atoms with Crippen LogP contribution in [-0.2, 0) is 0 Å². The largest absolute Gasteiger partial charge is 0.393 e. The van der Waals surface area contributed by atoms with Gasteiger partial charge in [-0.3, -0.25) is 0 Å². The molecule has 3 nitrogen and oxygen atoms in total. The number of nitrogens with one attached hydrogen (secondary N) is 1. The summed E-state index contributed by atoms with van der Waals surface area (Å²) in [7, 11) is 0. The van der Waals surface area contributed by atoms with E-state index >= 15 is 0 Å². The Morgan fingerprint density at radius 3 is 2.61 bits per heavy atom. The van der Waals surface area contributed by atoms with Gasteiger partial charge < -0.3 is 15.3 Å². The van der Waals surface area contributed by atoms with E-state index in [2.05, 4.69) is 24.1 Å². The highest BCUT2D eigenvalue weighted by molar-refractivity contribution is 4.87. The minimum Gasteiger partial charge on any atom is -0.393 e. The zero-order valence-electron chi connectivity index (χ0n) is 12.1. The first kappa shape index (κ1) is 14.3. The van der Waals surface area contributed by atoms with Crippen molar-refractivity contribution >= 4 is 0 Å². The van der Waals surface area contributed by atoms with E-state index in [4.69, 9.17) is 0 Å². The lowest BCUT2D eigenvalue weighted by Crippen LogP contribution is -2.52. The zero-order valence-corrected chi connectivity index (χ0v) is 12.1. The molecule has 106 valence electrons. The van der Waals surface area contributed by atoms with E-state index in [9.17, 15) is 5.11 Å². The summed E-state index contributed by atoms with van der Waals surface area (Å²) in [4.78, 5) is 2.49. The normalized spacial score (nSPS) is 32.2. The lowest BCUT2D eigenvalue weighted by Gasteiger charge is -2.40. The van der Waals surface area contributed by atoms with Crippen molar-refractivity contribution in [2.24, 2.45) is 11.8 Å². The Bertz CT molecular complexity index is 243. The summed E-state index contributed by atoms with van der Waals surface area (Å²) >= 11 is 0. The third-order valence-electron chi connectivity index (χ3n) is 4.89. The molecular formula is C15H30N2O. The molecule has 0 bridgehead atoms. The molecule has 2 aliphatic rings. The van der Waals surface area contributed by atoms with Crippen LogP contribution in [0.1, 0.15) is 46.0 Å². The summed E-state index contributed by atoms with van der Waals surface area (Å²) in [6.07, 6.45) is 6.17. The average molecular weight is 254 g/mol. The fourth-order valence-electron chi connectivity index (χ4n) is 3.28. The van der Waals surface area contributed by atoms with E-state index in [1.165, 1.54) is 25.8 Å². The number of nitrogens with zero attached hydrogens (tertiary/aromatic N) is 1. The second-order valence-corrected chi connectivity index (χ2v) is 6.23. The minimum atomic E-state index is -0.118. The second kappa shape index (κ2) is 6.88. The van der Waals surface area contributed by atoms with E-state index in [0.29, 0.717) is 12.0 Å². The summed E-state index contributed by atoms with van der Waals surface area (Å²) in [6.45, 7) is 8.85. The van der Waals surface area contributed by atoms with Crippen LogP contribution in [0.25, 0.3) is 0 Å². The van der Waals surface area contributed by atoms with E-state index in [0.717, 1.165) is 38.4 Å². The molecule has 0 aromatic carbocycles. The van der Waals surface area contributed by atoms with Crippen molar-refractivity contribution in [2.45, 2.75) is 58.1 Å². The second-order valence-electron chi connectivity index (χ2n) is 6.23. The Kier molecular flexibility index (Phi) is 5.46. The van der Waals surface area contributed by atoms with Crippen LogP contribution in [0.2, 0.25) is 0 Å². The summed E-state index contributed by atoms with van der Waals surface area (Å²) in [6, 6.07) is 0.588. The lowest BCUT2D eigenvalue weighted by molar-refractivity contribution is 0.0362. The highest BCUT2D eigenvalue weighted by atomic mass is 16.3. The van der Waals surface area contributed by atoms with Crippen molar-refractivity contribution in [1.29, 1.82) is 0 Å². The molecule has 2 fully saturated rings. The van der Waals surface area contributed by atoms with E-state index < -0.39 is 0 Å². The molecule has 18 heavy (non-hydrogen) atoms. The van der Waals surface area contributed by atoms with Gasteiger partial charge >= 0.3 is 0 Å². The molecule has 0 aromatic heterocycles. The van der Waals surface area contributed by atoms with E-state index in [1.807, 2.05) is 0 Å². The number of hydrogen-bond acceptors (Lipinski definition) is 3. The van der Waals surface area contributed by atoms with Crippen LogP contribution in [0.5, 0.6) is 0 Å². The van der Waals surface area contributed by atoms with Crippen molar-refractivity contribution in [2.75, 3.05) is 26.2 Å². The number of piperidine rings is 1. The number of likely N-dealkylation sites (N-methyl/N-ethyl adjacent to an activating group) is 1. The molecule has 0 amide bonds. The molecule has 3 unspecified atom stereocenters. The number of likely N-dealkylation sites (tertiary alicyclic amines) is 1. The quantitative estimate of drug-likeness (QED) is 0.759. The van der Waals surface area contributed by atoms with Gasteiger partial charge in [-0.15, -0.1) is 0 Å². The highest BCUT2D eigenvalue weighted by Crippen LogP contribution is 2.26. The van der Waals surface area contributed by atoms with Gasteiger partial charge in [0.1, 0.15) is 0 Å². The molecule has 2 N–H and O–H groups in total. The standard InChI is InChI=1S/C15H30N2O/c1-3-15(18)13-8-14(11-17(4-2)10-13)16-9-12-6-5-7-12/h12-16,18H,3-11H2,1-2H3. The minimum absolute atomic E-state index is 0.118. The first-order valence-corrected chi connectivity index (χ1v) is 7.86. The Morgan fingerprint density at radius 2 is 2.06 bits per heavy atom. The van der Waals surface area contributed by atoms with Crippen LogP contribution in [0, 0.1) is 11.8 Å². The van der Waals surface area contributed by atoms with Crippen LogP contribution in [0.3, 0.4) is 0 Å². The molecule has 2 rings (SSSR count). The SMILES string of the molecule is CCC(O)C1CC(NCC2CCC2)CN(CC)C1. The summed E-state index contributed by atoms with van der Waals surface area (Å²) in [5, 5.41) is 13.8. The fourth-order valence-corrected chi connectivity index (χ4v) is 3.28. The van der Waals surface area contributed by atoms with Gasteiger partial charge in [0.2, 0.25) is 0 Å². The summed E-state index contributed by atoms with van der Waals surface area (Å²) in [5.41, 5.74) is 0. The van der Waals surface area contributed by atoms with Gasteiger partial charge in [-0.2, -0.15) is 0 Å². The molecule has 0 aromatic rings.